The van der Waals surface area contributed by atoms with Crippen molar-refractivity contribution in [3.63, 3.8) is 0 Å². The van der Waals surface area contributed by atoms with Gasteiger partial charge in [-0.2, -0.15) is 0 Å². The maximum atomic E-state index is 11.2. The molecule has 1 atom stereocenters. The minimum Gasteiger partial charge on any atom is -0.444 e. The predicted octanol–water partition coefficient (Wildman–Crippen LogP) is 2.50. The van der Waals surface area contributed by atoms with Gasteiger partial charge in [-0.3, -0.25) is 0 Å². The van der Waals surface area contributed by atoms with Crippen molar-refractivity contribution in [3.05, 3.63) is 12.7 Å². The largest absolute Gasteiger partial charge is 0.444 e. The molecular formula is C9H16INO2. The van der Waals surface area contributed by atoms with Crippen LogP contribution in [0.4, 0.5) is 4.79 Å². The zero-order valence-electron chi connectivity index (χ0n) is 8.26. The number of hydrogen-bond acceptors (Lipinski definition) is 2. The summed E-state index contributed by atoms with van der Waals surface area (Å²) in [7, 11) is 0. The fraction of sp³-hybridized carbons (Fsp3) is 0.667. The first-order chi connectivity index (χ1) is 5.89. The number of carbonyl (C=O) groups is 1. The van der Waals surface area contributed by atoms with Gasteiger partial charge in [0.2, 0.25) is 0 Å². The normalized spacial score (nSPS) is 13.2. The summed E-state index contributed by atoms with van der Waals surface area (Å²) in [6.45, 7) is 9.10. The van der Waals surface area contributed by atoms with Crippen LogP contribution in [0.25, 0.3) is 0 Å². The van der Waals surface area contributed by atoms with Gasteiger partial charge < -0.3 is 10.1 Å². The molecular weight excluding hydrogens is 281 g/mol. The molecule has 0 spiro atoms. The quantitative estimate of drug-likeness (QED) is 0.494. The second-order valence-corrected chi connectivity index (χ2v) is 4.52. The molecule has 1 N–H and O–H groups in total. The minimum absolute atomic E-state index is 0.0181. The van der Waals surface area contributed by atoms with Crippen LogP contribution in [-0.2, 0) is 4.74 Å². The Morgan fingerprint density at radius 3 is 2.54 bits per heavy atom. The van der Waals surface area contributed by atoms with E-state index in [0.29, 0.717) is 0 Å². The lowest BCUT2D eigenvalue weighted by Crippen LogP contribution is -2.38. The number of amides is 1. The lowest BCUT2D eigenvalue weighted by atomic mass is 10.2. The van der Waals surface area contributed by atoms with Crippen molar-refractivity contribution in [2.45, 2.75) is 32.4 Å². The molecule has 0 rings (SSSR count). The topological polar surface area (TPSA) is 38.3 Å². The SMILES string of the molecule is C=C[C@H](CI)NC(=O)OC(C)(C)C. The molecule has 0 saturated heterocycles. The standard InChI is InChI=1S/C9H16INO2/c1-5-7(6-10)11-8(12)13-9(2,3)4/h5,7H,1,6H2,2-4H3,(H,11,12)/t7-/m1/s1. The summed E-state index contributed by atoms with van der Waals surface area (Å²) in [5.74, 6) is 0. The van der Waals surface area contributed by atoms with E-state index in [1.54, 1.807) is 6.08 Å². The summed E-state index contributed by atoms with van der Waals surface area (Å²) in [5.41, 5.74) is -0.443. The average molecular weight is 297 g/mol. The molecule has 0 bridgehead atoms. The van der Waals surface area contributed by atoms with Crippen LogP contribution in [0, 0.1) is 0 Å². The van der Waals surface area contributed by atoms with Crippen molar-refractivity contribution in [2.24, 2.45) is 0 Å². The number of carbonyl (C=O) groups excluding carboxylic acids is 1. The first-order valence-corrected chi connectivity index (χ1v) is 5.59. The molecule has 0 aliphatic heterocycles. The van der Waals surface area contributed by atoms with Gasteiger partial charge in [-0.1, -0.05) is 28.7 Å². The van der Waals surface area contributed by atoms with E-state index in [4.69, 9.17) is 4.74 Å². The van der Waals surface area contributed by atoms with Crippen LogP contribution in [-0.4, -0.2) is 22.2 Å². The molecule has 0 aliphatic rings. The number of hydrogen-bond donors (Lipinski definition) is 1. The molecule has 1 amide bonds. The molecule has 76 valence electrons. The van der Waals surface area contributed by atoms with E-state index in [1.807, 2.05) is 20.8 Å². The molecule has 0 fully saturated rings. The molecule has 0 aromatic carbocycles. The fourth-order valence-electron chi connectivity index (χ4n) is 0.619. The summed E-state index contributed by atoms with van der Waals surface area (Å²) in [6.07, 6.45) is 1.30. The van der Waals surface area contributed by atoms with Gasteiger partial charge in [0.1, 0.15) is 5.60 Å². The van der Waals surface area contributed by atoms with Crippen molar-refractivity contribution in [1.29, 1.82) is 0 Å². The number of alkyl halides is 1. The van der Waals surface area contributed by atoms with Gasteiger partial charge in [0.25, 0.3) is 0 Å². The highest BCUT2D eigenvalue weighted by Crippen LogP contribution is 2.07. The third kappa shape index (κ3) is 6.86. The Hall–Kier alpha value is -0.260. The highest BCUT2D eigenvalue weighted by atomic mass is 127. The van der Waals surface area contributed by atoms with E-state index in [-0.39, 0.29) is 6.04 Å². The molecule has 4 heteroatoms. The summed E-state index contributed by atoms with van der Waals surface area (Å²) < 4.78 is 5.86. The Kier molecular flexibility index (Phi) is 5.36. The smallest absolute Gasteiger partial charge is 0.408 e. The molecule has 3 nitrogen and oxygen atoms in total. The van der Waals surface area contributed by atoms with Crippen LogP contribution in [0.2, 0.25) is 0 Å². The second kappa shape index (κ2) is 5.47. The van der Waals surface area contributed by atoms with Crippen LogP contribution >= 0.6 is 22.6 Å². The molecule has 0 aromatic heterocycles. The molecule has 0 radical (unpaired) electrons. The molecule has 0 aliphatic carbocycles. The van der Waals surface area contributed by atoms with Crippen LogP contribution < -0.4 is 5.32 Å². The molecule has 0 heterocycles. The lowest BCUT2D eigenvalue weighted by Gasteiger charge is -2.21. The first kappa shape index (κ1) is 12.7. The molecule has 0 unspecified atom stereocenters. The molecule has 13 heavy (non-hydrogen) atoms. The highest BCUT2D eigenvalue weighted by molar-refractivity contribution is 14.1. The van der Waals surface area contributed by atoms with Crippen molar-refractivity contribution in [2.75, 3.05) is 4.43 Å². The molecule has 0 aromatic rings. The Morgan fingerprint density at radius 1 is 1.69 bits per heavy atom. The Bertz CT molecular complexity index is 187. The van der Waals surface area contributed by atoms with Gasteiger partial charge in [0.15, 0.2) is 0 Å². The zero-order chi connectivity index (χ0) is 10.5. The number of ether oxygens (including phenoxy) is 1. The van der Waals surface area contributed by atoms with E-state index in [2.05, 4.69) is 34.5 Å². The Morgan fingerprint density at radius 2 is 2.23 bits per heavy atom. The van der Waals surface area contributed by atoms with Crippen molar-refractivity contribution in [3.8, 4) is 0 Å². The third-order valence-corrected chi connectivity index (χ3v) is 2.10. The lowest BCUT2D eigenvalue weighted by molar-refractivity contribution is 0.0519. The minimum atomic E-state index is -0.443. The monoisotopic (exact) mass is 297 g/mol. The van der Waals surface area contributed by atoms with E-state index in [0.717, 1.165) is 4.43 Å². The van der Waals surface area contributed by atoms with E-state index >= 15 is 0 Å². The molecule has 0 saturated carbocycles. The van der Waals surface area contributed by atoms with Gasteiger partial charge in [-0.05, 0) is 20.8 Å². The second-order valence-electron chi connectivity index (χ2n) is 3.64. The van der Waals surface area contributed by atoms with Crippen molar-refractivity contribution >= 4 is 28.7 Å². The van der Waals surface area contributed by atoms with Crippen molar-refractivity contribution < 1.29 is 9.53 Å². The van der Waals surface area contributed by atoms with E-state index < -0.39 is 11.7 Å². The van der Waals surface area contributed by atoms with Crippen LogP contribution in [0.5, 0.6) is 0 Å². The predicted molar refractivity (Wildman–Crippen MR) is 62.2 cm³/mol. The van der Waals surface area contributed by atoms with Gasteiger partial charge in [-0.15, -0.1) is 6.58 Å². The van der Waals surface area contributed by atoms with Crippen LogP contribution in [0.15, 0.2) is 12.7 Å². The van der Waals surface area contributed by atoms with Gasteiger partial charge in [0.05, 0.1) is 6.04 Å². The number of alkyl carbamates (subject to hydrolysis) is 1. The number of rotatable bonds is 3. The van der Waals surface area contributed by atoms with E-state index in [9.17, 15) is 4.79 Å². The Labute approximate surface area is 93.1 Å². The fourth-order valence-corrected chi connectivity index (χ4v) is 1.20. The van der Waals surface area contributed by atoms with Gasteiger partial charge in [-0.25, -0.2) is 4.79 Å². The summed E-state index contributed by atoms with van der Waals surface area (Å²) in [4.78, 5) is 11.2. The van der Waals surface area contributed by atoms with Gasteiger partial charge in [0, 0.05) is 4.43 Å². The highest BCUT2D eigenvalue weighted by Gasteiger charge is 2.17. The number of nitrogens with one attached hydrogen (secondary N) is 1. The summed E-state index contributed by atoms with van der Waals surface area (Å²) >= 11 is 2.18. The maximum absolute atomic E-state index is 11.2. The van der Waals surface area contributed by atoms with Crippen LogP contribution in [0.1, 0.15) is 20.8 Å². The summed E-state index contributed by atoms with van der Waals surface area (Å²) in [6, 6.07) is -0.0181. The first-order valence-electron chi connectivity index (χ1n) is 4.07. The summed E-state index contributed by atoms with van der Waals surface area (Å²) in [5, 5.41) is 2.69. The van der Waals surface area contributed by atoms with Crippen molar-refractivity contribution in [1.82, 2.24) is 5.32 Å². The Balaban J connectivity index is 3.93. The van der Waals surface area contributed by atoms with E-state index in [1.165, 1.54) is 0 Å². The van der Waals surface area contributed by atoms with Crippen LogP contribution in [0.3, 0.4) is 0 Å². The zero-order valence-corrected chi connectivity index (χ0v) is 10.4. The third-order valence-electron chi connectivity index (χ3n) is 1.15. The maximum Gasteiger partial charge on any atom is 0.408 e. The average Bonchev–Trinajstić information content (AvgIpc) is 1.96. The number of halogens is 1. The van der Waals surface area contributed by atoms with Gasteiger partial charge >= 0.3 is 6.09 Å².